The van der Waals surface area contributed by atoms with Gasteiger partial charge in [0.1, 0.15) is 19.8 Å². The van der Waals surface area contributed by atoms with E-state index in [0.717, 1.165) is 103 Å². The molecule has 0 saturated carbocycles. The minimum absolute atomic E-state index is 0.0249. The number of phosphoric ester groups is 1. The average molecular weight is 1140 g/mol. The van der Waals surface area contributed by atoms with Crippen LogP contribution in [0.2, 0.25) is 0 Å². The van der Waals surface area contributed by atoms with Gasteiger partial charge < -0.3 is 18.9 Å². The number of ether oxygens (including phenoxy) is 2. The average Bonchev–Trinajstić information content (AvgIpc) is 3.42. The van der Waals surface area contributed by atoms with Gasteiger partial charge in [0.2, 0.25) is 0 Å². The third-order valence-electron chi connectivity index (χ3n) is 14.1. The van der Waals surface area contributed by atoms with Gasteiger partial charge in [-0.2, -0.15) is 0 Å². The van der Waals surface area contributed by atoms with Crippen LogP contribution in [0.5, 0.6) is 0 Å². The molecule has 0 fully saturated rings. The zero-order valence-corrected chi connectivity index (χ0v) is 53.4. The van der Waals surface area contributed by atoms with Gasteiger partial charge in [-0.25, -0.2) is 4.57 Å². The highest BCUT2D eigenvalue weighted by molar-refractivity contribution is 7.47. The Morgan fingerprint density at radius 2 is 0.713 bits per heavy atom. The van der Waals surface area contributed by atoms with Crippen molar-refractivity contribution >= 4 is 19.8 Å². The highest BCUT2D eigenvalue weighted by atomic mass is 31.2. The van der Waals surface area contributed by atoms with Crippen molar-refractivity contribution < 1.29 is 42.1 Å². The normalized spacial score (nSPS) is 13.8. The SMILES string of the molecule is CC/C=C\C/C=C\C/C=C\C/C=C\C/C=C\C/C=C\CCCCCCCCC(=O)OC(COC(=O)CCCCCCCCCCCCCCCCCCCCC/C=C\C/C=C\CCCCCCC)COP(=O)(O)OCC[N+](C)(C)C. The first-order valence-electron chi connectivity index (χ1n) is 33.0. The largest absolute Gasteiger partial charge is 0.472 e. The van der Waals surface area contributed by atoms with E-state index in [0.29, 0.717) is 17.4 Å². The molecule has 0 amide bonds. The maximum absolute atomic E-state index is 12.8. The van der Waals surface area contributed by atoms with Gasteiger partial charge >= 0.3 is 19.8 Å². The van der Waals surface area contributed by atoms with Crippen LogP contribution >= 0.6 is 7.82 Å². The minimum Gasteiger partial charge on any atom is -0.462 e. The number of nitrogens with zero attached hydrogens (tertiary/aromatic N) is 1. The summed E-state index contributed by atoms with van der Waals surface area (Å²) >= 11 is 0. The van der Waals surface area contributed by atoms with Gasteiger partial charge in [-0.3, -0.25) is 18.6 Å². The standard InChI is InChI=1S/C70H124NO8P/c1-6-8-10-12-14-16-18-20-22-24-26-28-30-32-33-34-35-36-37-39-40-42-44-46-48-50-52-54-56-58-60-62-69(72)76-66-68(67-78-80(74,75)77-65-64-71(3,4)5)79-70(73)63-61-59-57-55-53-51-49-47-45-43-41-38-31-29-27-25-23-21-19-17-15-13-11-9-7-2/h9,11,15,17-18,20-21,23-24,26-27,29,38,41,45,47,68H,6-8,10,12-14,16,19,22,25,28,30-37,39-40,42-44,46,48-67H2,1-5H3/p+1/b11-9-,17-15-,20-18-,23-21-,26-24-,29-27-,41-38-,47-45-. The number of allylic oxidation sites excluding steroid dienone is 16. The molecule has 0 aliphatic heterocycles. The Hall–Kier alpha value is -3.07. The molecule has 0 radical (unpaired) electrons. The molecular formula is C70H125NO8P+. The van der Waals surface area contributed by atoms with Crippen LogP contribution < -0.4 is 0 Å². The quantitative estimate of drug-likeness (QED) is 0.0211. The van der Waals surface area contributed by atoms with Gasteiger partial charge in [-0.1, -0.05) is 272 Å². The van der Waals surface area contributed by atoms with E-state index >= 15 is 0 Å². The predicted octanol–water partition coefficient (Wildman–Crippen LogP) is 21.2. The van der Waals surface area contributed by atoms with E-state index in [1.165, 1.54) is 148 Å². The van der Waals surface area contributed by atoms with E-state index in [9.17, 15) is 19.0 Å². The monoisotopic (exact) mass is 1140 g/mol. The van der Waals surface area contributed by atoms with Crippen LogP contribution in [-0.4, -0.2) is 74.9 Å². The molecule has 2 unspecified atom stereocenters. The lowest BCUT2D eigenvalue weighted by atomic mass is 10.0. The smallest absolute Gasteiger partial charge is 0.462 e. The maximum atomic E-state index is 12.8. The van der Waals surface area contributed by atoms with Crippen LogP contribution in [0.25, 0.3) is 0 Å². The van der Waals surface area contributed by atoms with E-state index in [1.54, 1.807) is 0 Å². The first-order chi connectivity index (χ1) is 39.0. The fourth-order valence-corrected chi connectivity index (χ4v) is 9.79. The molecule has 0 aliphatic rings. The van der Waals surface area contributed by atoms with E-state index < -0.39 is 26.5 Å². The number of carbonyl (C=O) groups excluding carboxylic acids is 2. The molecule has 9 nitrogen and oxygen atoms in total. The molecule has 0 spiro atoms. The highest BCUT2D eigenvalue weighted by Gasteiger charge is 2.27. The van der Waals surface area contributed by atoms with Crippen molar-refractivity contribution in [3.05, 3.63) is 97.2 Å². The van der Waals surface area contributed by atoms with Crippen LogP contribution in [0.1, 0.15) is 284 Å². The second kappa shape index (κ2) is 60.5. The predicted molar refractivity (Wildman–Crippen MR) is 344 cm³/mol. The number of quaternary nitrogens is 1. The van der Waals surface area contributed by atoms with Crippen LogP contribution in [0.15, 0.2) is 97.2 Å². The number of hydrogen-bond donors (Lipinski definition) is 1. The highest BCUT2D eigenvalue weighted by Crippen LogP contribution is 2.43. The second-order valence-electron chi connectivity index (χ2n) is 23.1. The molecular weight excluding hydrogens is 1010 g/mol. The van der Waals surface area contributed by atoms with Crippen LogP contribution in [-0.2, 0) is 32.7 Å². The molecule has 0 heterocycles. The number of phosphoric acid groups is 1. The van der Waals surface area contributed by atoms with Gasteiger partial charge in [-0.05, 0) is 96.3 Å². The topological polar surface area (TPSA) is 108 Å². The fraction of sp³-hybridized carbons (Fsp3) is 0.743. The van der Waals surface area contributed by atoms with Crippen LogP contribution in [0, 0.1) is 0 Å². The lowest BCUT2D eigenvalue weighted by Crippen LogP contribution is -2.37. The molecule has 0 aromatic heterocycles. The van der Waals surface area contributed by atoms with E-state index in [-0.39, 0.29) is 32.0 Å². The Morgan fingerprint density at radius 1 is 0.400 bits per heavy atom. The number of carbonyl (C=O) groups is 2. The number of unbranched alkanes of at least 4 members (excludes halogenated alkanes) is 30. The molecule has 0 saturated heterocycles. The molecule has 2 atom stereocenters. The fourth-order valence-electron chi connectivity index (χ4n) is 9.05. The van der Waals surface area contributed by atoms with Crippen molar-refractivity contribution in [1.29, 1.82) is 0 Å². The van der Waals surface area contributed by atoms with Gasteiger partial charge in [0.15, 0.2) is 6.10 Å². The molecule has 0 aliphatic carbocycles. The van der Waals surface area contributed by atoms with Gasteiger partial charge in [0.25, 0.3) is 0 Å². The van der Waals surface area contributed by atoms with Crippen molar-refractivity contribution in [1.82, 2.24) is 0 Å². The molecule has 0 bridgehead atoms. The summed E-state index contributed by atoms with van der Waals surface area (Å²) in [6, 6.07) is 0. The number of rotatable bonds is 60. The number of hydrogen-bond acceptors (Lipinski definition) is 7. The molecule has 0 aromatic carbocycles. The minimum atomic E-state index is -4.40. The van der Waals surface area contributed by atoms with Crippen molar-refractivity contribution in [2.75, 3.05) is 47.5 Å². The Labute approximate surface area is 493 Å². The molecule has 1 N–H and O–H groups in total. The zero-order chi connectivity index (χ0) is 58.4. The van der Waals surface area contributed by atoms with E-state index in [2.05, 4.69) is 111 Å². The van der Waals surface area contributed by atoms with Crippen molar-refractivity contribution in [3.8, 4) is 0 Å². The lowest BCUT2D eigenvalue weighted by Gasteiger charge is -2.24. The zero-order valence-electron chi connectivity index (χ0n) is 52.5. The first-order valence-corrected chi connectivity index (χ1v) is 34.5. The second-order valence-corrected chi connectivity index (χ2v) is 24.6. The van der Waals surface area contributed by atoms with Gasteiger partial charge in [-0.15, -0.1) is 0 Å². The summed E-state index contributed by atoms with van der Waals surface area (Å²) in [6.07, 6.45) is 83.5. The lowest BCUT2D eigenvalue weighted by molar-refractivity contribution is -0.870. The third-order valence-corrected chi connectivity index (χ3v) is 15.1. The van der Waals surface area contributed by atoms with Crippen LogP contribution in [0.4, 0.5) is 0 Å². The summed E-state index contributed by atoms with van der Waals surface area (Å²) < 4.78 is 34.7. The summed E-state index contributed by atoms with van der Waals surface area (Å²) in [6.45, 7) is 4.31. The summed E-state index contributed by atoms with van der Waals surface area (Å²) in [7, 11) is 1.46. The molecule has 80 heavy (non-hydrogen) atoms. The Morgan fingerprint density at radius 3 is 1.06 bits per heavy atom. The Kier molecular flexibility index (Phi) is 58.2. The molecule has 0 aromatic rings. The maximum Gasteiger partial charge on any atom is 0.472 e. The van der Waals surface area contributed by atoms with Crippen molar-refractivity contribution in [2.45, 2.75) is 290 Å². The summed E-state index contributed by atoms with van der Waals surface area (Å²) in [4.78, 5) is 35.8. The third kappa shape index (κ3) is 64.1. The van der Waals surface area contributed by atoms with E-state index in [4.69, 9.17) is 18.5 Å². The van der Waals surface area contributed by atoms with E-state index in [1.807, 2.05) is 21.1 Å². The Bertz CT molecular complexity index is 1670. The Balaban J connectivity index is 4.10. The summed E-state index contributed by atoms with van der Waals surface area (Å²) in [5.41, 5.74) is 0. The summed E-state index contributed by atoms with van der Waals surface area (Å²) in [5, 5.41) is 0. The molecule has 0 rings (SSSR count). The number of likely N-dealkylation sites (N-methyl/N-ethyl adjacent to an activating group) is 1. The molecule has 10 heteroatoms. The van der Waals surface area contributed by atoms with Crippen molar-refractivity contribution in [2.24, 2.45) is 0 Å². The van der Waals surface area contributed by atoms with Crippen molar-refractivity contribution in [3.63, 3.8) is 0 Å². The first kappa shape index (κ1) is 76.9. The van der Waals surface area contributed by atoms with Gasteiger partial charge in [0, 0.05) is 12.8 Å². The van der Waals surface area contributed by atoms with Gasteiger partial charge in [0.05, 0.1) is 27.7 Å². The van der Waals surface area contributed by atoms with Crippen LogP contribution in [0.3, 0.4) is 0 Å². The number of esters is 2. The summed E-state index contributed by atoms with van der Waals surface area (Å²) in [5.74, 6) is -0.810. The molecule has 462 valence electrons.